The largest absolute Gasteiger partial charge is 0.491 e. The fraction of sp³-hybridized carbons (Fsp3) is 0.500. The number of nitrogens with zero attached hydrogens (tertiary/aromatic N) is 3. The van der Waals surface area contributed by atoms with Gasteiger partial charge in [-0.1, -0.05) is 51.1 Å². The van der Waals surface area contributed by atoms with Crippen LogP contribution in [0.3, 0.4) is 0 Å². The van der Waals surface area contributed by atoms with Gasteiger partial charge in [0.25, 0.3) is 5.91 Å². The van der Waals surface area contributed by atoms with Crippen LogP contribution in [0.15, 0.2) is 59.7 Å². The van der Waals surface area contributed by atoms with Gasteiger partial charge < -0.3 is 14.0 Å². The SMILES string of the molecule is CC(C)(C)c1cn(CC2CCCO2)c(=NC(=O)c2cc(C(F)(F)F)ccc2OCC2CCCN2Cc2ccccc2)s1. The number of hydrogen-bond acceptors (Lipinski definition) is 5. The first kappa shape index (κ1) is 30.5. The molecule has 42 heavy (non-hydrogen) atoms. The molecule has 2 atom stereocenters. The molecule has 3 heterocycles. The number of alkyl halides is 3. The Balaban J connectivity index is 1.42. The molecular weight excluding hydrogens is 563 g/mol. The summed E-state index contributed by atoms with van der Waals surface area (Å²) in [5.41, 5.74) is -0.0898. The van der Waals surface area contributed by atoms with Gasteiger partial charge in [-0.25, -0.2) is 0 Å². The molecule has 5 rings (SSSR count). The van der Waals surface area contributed by atoms with Gasteiger partial charge in [0.05, 0.1) is 23.8 Å². The lowest BCUT2D eigenvalue weighted by atomic mass is 9.95. The number of hydrogen-bond donors (Lipinski definition) is 0. The van der Waals surface area contributed by atoms with Gasteiger partial charge in [-0.15, -0.1) is 11.3 Å². The molecule has 2 fully saturated rings. The number of ether oxygens (including phenoxy) is 2. The molecule has 3 aromatic rings. The quantitative estimate of drug-likeness (QED) is 0.284. The zero-order valence-corrected chi connectivity index (χ0v) is 25.1. The first-order chi connectivity index (χ1) is 20.0. The van der Waals surface area contributed by atoms with E-state index in [1.165, 1.54) is 23.0 Å². The normalized spacial score (nSPS) is 20.4. The third-order valence-corrected chi connectivity index (χ3v) is 9.22. The molecule has 0 N–H and O–H groups in total. The second-order valence-electron chi connectivity index (χ2n) is 12.1. The van der Waals surface area contributed by atoms with Gasteiger partial charge in [0.1, 0.15) is 12.4 Å². The Morgan fingerprint density at radius 3 is 2.57 bits per heavy atom. The van der Waals surface area contributed by atoms with Crippen LogP contribution >= 0.6 is 11.3 Å². The van der Waals surface area contributed by atoms with Crippen LogP contribution in [-0.2, 0) is 29.4 Å². The van der Waals surface area contributed by atoms with Crippen molar-refractivity contribution in [2.75, 3.05) is 19.8 Å². The number of thiazole rings is 1. The van der Waals surface area contributed by atoms with E-state index >= 15 is 0 Å². The lowest BCUT2D eigenvalue weighted by Crippen LogP contribution is -2.33. The highest BCUT2D eigenvalue weighted by Crippen LogP contribution is 2.34. The standard InChI is InChI=1S/C32H38F3N3O3S/c1-31(2,3)28-20-38(19-25-12-8-16-40-25)30(42-28)36-29(39)26-17-23(32(33,34)35)13-14-27(26)41-21-24-11-7-15-37(24)18-22-9-5-4-6-10-22/h4-6,9-10,13-14,17,20,24-25H,7-8,11-12,15-16,18-19,21H2,1-3H3. The highest BCUT2D eigenvalue weighted by molar-refractivity contribution is 7.09. The van der Waals surface area contributed by atoms with E-state index in [2.05, 4.69) is 42.8 Å². The predicted molar refractivity (Wildman–Crippen MR) is 157 cm³/mol. The van der Waals surface area contributed by atoms with E-state index in [0.29, 0.717) is 18.0 Å². The van der Waals surface area contributed by atoms with Crippen LogP contribution in [-0.4, -0.2) is 47.3 Å². The number of halogens is 3. The molecule has 0 bridgehead atoms. The lowest BCUT2D eigenvalue weighted by Gasteiger charge is -2.25. The molecule has 6 nitrogen and oxygen atoms in total. The molecule has 0 radical (unpaired) electrons. The predicted octanol–water partition coefficient (Wildman–Crippen LogP) is 6.83. The number of carbonyl (C=O) groups excluding carboxylic acids is 1. The Bertz CT molecular complexity index is 1440. The van der Waals surface area contributed by atoms with Gasteiger partial charge in [0.2, 0.25) is 0 Å². The van der Waals surface area contributed by atoms with Crippen molar-refractivity contribution >= 4 is 17.2 Å². The van der Waals surface area contributed by atoms with E-state index in [1.54, 1.807) is 0 Å². The molecule has 1 amide bonds. The fourth-order valence-corrected chi connectivity index (χ4v) is 6.45. The van der Waals surface area contributed by atoms with Crippen LogP contribution in [0.1, 0.15) is 72.8 Å². The van der Waals surface area contributed by atoms with Crippen molar-refractivity contribution in [3.63, 3.8) is 0 Å². The number of benzene rings is 2. The van der Waals surface area contributed by atoms with Crippen LogP contribution in [0.5, 0.6) is 5.75 Å². The number of aromatic nitrogens is 1. The van der Waals surface area contributed by atoms with Gasteiger partial charge >= 0.3 is 6.18 Å². The maximum Gasteiger partial charge on any atom is 0.416 e. The number of likely N-dealkylation sites (tertiary alicyclic amines) is 1. The van der Waals surface area contributed by atoms with Crippen LogP contribution in [0.2, 0.25) is 0 Å². The van der Waals surface area contributed by atoms with Crippen molar-refractivity contribution in [3.05, 3.63) is 81.1 Å². The molecule has 2 aliphatic heterocycles. The van der Waals surface area contributed by atoms with E-state index in [-0.39, 0.29) is 35.5 Å². The third-order valence-electron chi connectivity index (χ3n) is 7.78. The molecule has 2 aromatic carbocycles. The van der Waals surface area contributed by atoms with Crippen LogP contribution in [0.4, 0.5) is 13.2 Å². The van der Waals surface area contributed by atoms with E-state index < -0.39 is 17.6 Å². The maximum atomic E-state index is 13.7. The molecule has 0 saturated carbocycles. The zero-order valence-electron chi connectivity index (χ0n) is 24.3. The third kappa shape index (κ3) is 7.51. The second-order valence-corrected chi connectivity index (χ2v) is 13.1. The van der Waals surface area contributed by atoms with Gasteiger partial charge in [0.15, 0.2) is 4.80 Å². The van der Waals surface area contributed by atoms with Gasteiger partial charge in [0, 0.05) is 30.3 Å². The fourth-order valence-electron chi connectivity index (χ4n) is 5.39. The van der Waals surface area contributed by atoms with Crippen LogP contribution < -0.4 is 9.54 Å². The number of carbonyl (C=O) groups is 1. The summed E-state index contributed by atoms with van der Waals surface area (Å²) >= 11 is 1.37. The number of rotatable bonds is 8. The van der Waals surface area contributed by atoms with Crippen LogP contribution in [0, 0.1) is 0 Å². The average Bonchev–Trinajstić information content (AvgIpc) is 3.70. The molecule has 2 saturated heterocycles. The highest BCUT2D eigenvalue weighted by Gasteiger charge is 2.33. The summed E-state index contributed by atoms with van der Waals surface area (Å²) < 4.78 is 54.9. The van der Waals surface area contributed by atoms with Gasteiger partial charge in [-0.05, 0) is 61.4 Å². The topological polar surface area (TPSA) is 56.1 Å². The monoisotopic (exact) mass is 601 g/mol. The Morgan fingerprint density at radius 1 is 1.10 bits per heavy atom. The molecule has 0 spiro atoms. The Labute approximate surface area is 248 Å². The summed E-state index contributed by atoms with van der Waals surface area (Å²) in [6.45, 7) is 9.39. The Hall–Kier alpha value is -2.95. The maximum absolute atomic E-state index is 13.7. The van der Waals surface area contributed by atoms with Crippen molar-refractivity contribution in [2.24, 2.45) is 4.99 Å². The summed E-state index contributed by atoms with van der Waals surface area (Å²) in [5, 5.41) is 0. The summed E-state index contributed by atoms with van der Waals surface area (Å²) in [4.78, 5) is 21.7. The highest BCUT2D eigenvalue weighted by atomic mass is 32.1. The minimum atomic E-state index is -4.60. The van der Waals surface area contributed by atoms with Crippen molar-refractivity contribution in [1.82, 2.24) is 9.47 Å². The smallest absolute Gasteiger partial charge is 0.416 e. The average molecular weight is 602 g/mol. The molecule has 2 aliphatic rings. The molecule has 226 valence electrons. The molecule has 0 aliphatic carbocycles. The van der Waals surface area contributed by atoms with E-state index in [9.17, 15) is 18.0 Å². The van der Waals surface area contributed by atoms with Crippen molar-refractivity contribution in [3.8, 4) is 5.75 Å². The molecule has 1 aromatic heterocycles. The van der Waals surface area contributed by atoms with Crippen molar-refractivity contribution < 1.29 is 27.4 Å². The minimum absolute atomic E-state index is 0.0131. The first-order valence-electron chi connectivity index (χ1n) is 14.5. The summed E-state index contributed by atoms with van der Waals surface area (Å²) in [7, 11) is 0. The van der Waals surface area contributed by atoms with Crippen molar-refractivity contribution in [2.45, 2.75) is 83.3 Å². The van der Waals surface area contributed by atoms with Gasteiger partial charge in [-0.3, -0.25) is 9.69 Å². The van der Waals surface area contributed by atoms with Gasteiger partial charge in [-0.2, -0.15) is 18.2 Å². The van der Waals surface area contributed by atoms with E-state index in [1.807, 2.05) is 29.0 Å². The summed E-state index contributed by atoms with van der Waals surface area (Å²) in [5.74, 6) is -0.645. The van der Waals surface area contributed by atoms with E-state index in [4.69, 9.17) is 9.47 Å². The van der Waals surface area contributed by atoms with Crippen LogP contribution in [0.25, 0.3) is 0 Å². The molecule has 2 unspecified atom stereocenters. The Kier molecular flexibility index (Phi) is 9.25. The second kappa shape index (κ2) is 12.7. The lowest BCUT2D eigenvalue weighted by molar-refractivity contribution is -0.137. The molecular formula is C32H38F3N3O3S. The summed E-state index contributed by atoms with van der Waals surface area (Å²) in [6.07, 6.45) is 1.19. The molecule has 10 heteroatoms. The summed E-state index contributed by atoms with van der Waals surface area (Å²) in [6, 6.07) is 13.3. The number of amides is 1. The minimum Gasteiger partial charge on any atom is -0.491 e. The van der Waals surface area contributed by atoms with E-state index in [0.717, 1.165) is 55.8 Å². The zero-order chi connectivity index (χ0) is 29.9. The Morgan fingerprint density at radius 2 is 1.88 bits per heavy atom. The van der Waals surface area contributed by atoms with Crippen molar-refractivity contribution in [1.29, 1.82) is 0 Å². The first-order valence-corrected chi connectivity index (χ1v) is 15.3.